The number of thiophene rings is 1. The van der Waals surface area contributed by atoms with Crippen LogP contribution in [0.5, 0.6) is 0 Å². The summed E-state index contributed by atoms with van der Waals surface area (Å²) < 4.78 is 9.80. The molecular formula is C15H14N2O5S. The first-order valence-corrected chi connectivity index (χ1v) is 7.86. The lowest BCUT2D eigenvalue weighted by molar-refractivity contribution is -0.125. The van der Waals surface area contributed by atoms with Crippen molar-refractivity contribution in [3.8, 4) is 0 Å². The minimum Gasteiger partial charge on any atom is -0.459 e. The van der Waals surface area contributed by atoms with E-state index >= 15 is 0 Å². The van der Waals surface area contributed by atoms with Crippen LogP contribution in [0.4, 0.5) is 0 Å². The molecule has 0 aromatic carbocycles. The predicted octanol–water partition coefficient (Wildman–Crippen LogP) is 1.45. The van der Waals surface area contributed by atoms with Crippen molar-refractivity contribution in [1.29, 1.82) is 0 Å². The van der Waals surface area contributed by atoms with Gasteiger partial charge in [0, 0.05) is 4.88 Å². The lowest BCUT2D eigenvalue weighted by atomic mass is 10.2. The van der Waals surface area contributed by atoms with Gasteiger partial charge in [0.25, 0.3) is 5.91 Å². The van der Waals surface area contributed by atoms with Crippen LogP contribution in [0.3, 0.4) is 0 Å². The Hall–Kier alpha value is -2.61. The van der Waals surface area contributed by atoms with E-state index < -0.39 is 24.4 Å². The van der Waals surface area contributed by atoms with Gasteiger partial charge in [-0.15, -0.1) is 11.3 Å². The molecule has 1 aliphatic carbocycles. The van der Waals surface area contributed by atoms with E-state index in [-0.39, 0.29) is 5.76 Å². The summed E-state index contributed by atoms with van der Waals surface area (Å²) in [5.41, 5.74) is 5.49. The maximum absolute atomic E-state index is 11.9. The first kappa shape index (κ1) is 15.3. The van der Waals surface area contributed by atoms with Gasteiger partial charge < -0.3 is 9.15 Å². The summed E-state index contributed by atoms with van der Waals surface area (Å²) in [6.07, 6.45) is 4.44. The van der Waals surface area contributed by atoms with Gasteiger partial charge in [-0.1, -0.05) is 0 Å². The Kier molecular flexibility index (Phi) is 4.42. The lowest BCUT2D eigenvalue weighted by Gasteiger charge is -2.06. The van der Waals surface area contributed by atoms with Crippen LogP contribution in [-0.2, 0) is 22.4 Å². The summed E-state index contributed by atoms with van der Waals surface area (Å²) in [6, 6.07) is 4.83. The molecule has 0 saturated carbocycles. The van der Waals surface area contributed by atoms with Crippen molar-refractivity contribution >= 4 is 29.1 Å². The van der Waals surface area contributed by atoms with Crippen molar-refractivity contribution in [3.63, 3.8) is 0 Å². The van der Waals surface area contributed by atoms with E-state index in [4.69, 9.17) is 9.15 Å². The van der Waals surface area contributed by atoms with Crippen molar-refractivity contribution in [1.82, 2.24) is 10.9 Å². The number of ether oxygens (including phenoxy) is 1. The molecule has 3 rings (SSSR count). The van der Waals surface area contributed by atoms with Gasteiger partial charge in [-0.25, -0.2) is 4.79 Å². The van der Waals surface area contributed by atoms with Crippen LogP contribution in [0.2, 0.25) is 0 Å². The van der Waals surface area contributed by atoms with Crippen molar-refractivity contribution in [2.45, 2.75) is 19.3 Å². The number of fused-ring (bicyclic) bond motifs is 1. The summed E-state index contributed by atoms with van der Waals surface area (Å²) >= 11 is 1.41. The molecule has 8 heteroatoms. The molecule has 120 valence electrons. The number of hydrazine groups is 1. The Bertz CT molecular complexity index is 714. The fraction of sp³-hybridized carbons (Fsp3) is 0.267. The molecule has 2 aromatic heterocycles. The molecule has 2 heterocycles. The number of rotatable bonds is 4. The highest BCUT2D eigenvalue weighted by Gasteiger charge is 2.20. The number of nitrogens with one attached hydrogen (secondary N) is 2. The molecule has 2 N–H and O–H groups in total. The molecular weight excluding hydrogens is 320 g/mol. The number of hydrogen-bond donors (Lipinski definition) is 2. The third kappa shape index (κ3) is 3.59. The standard InChI is InChI=1S/C15H14N2O5S/c18-13(16-17-14(19)10-4-2-6-21-10)8-22-15(20)12-7-9-3-1-5-11(9)23-12/h2,4,6-7H,1,3,5,8H2,(H,16,18)(H,17,19). The van der Waals surface area contributed by atoms with Crippen LogP contribution < -0.4 is 10.9 Å². The number of hydrogen-bond acceptors (Lipinski definition) is 6. The molecule has 1 aliphatic rings. The maximum Gasteiger partial charge on any atom is 0.348 e. The third-order valence-corrected chi connectivity index (χ3v) is 4.56. The van der Waals surface area contributed by atoms with Gasteiger partial charge in [-0.2, -0.15) is 0 Å². The minimum absolute atomic E-state index is 0.0652. The Morgan fingerprint density at radius 3 is 2.87 bits per heavy atom. The zero-order chi connectivity index (χ0) is 16.2. The summed E-state index contributed by atoms with van der Waals surface area (Å²) in [4.78, 5) is 36.7. The molecule has 2 aromatic rings. The monoisotopic (exact) mass is 334 g/mol. The first-order valence-electron chi connectivity index (χ1n) is 7.05. The topological polar surface area (TPSA) is 97.6 Å². The zero-order valence-corrected chi connectivity index (χ0v) is 12.9. The van der Waals surface area contributed by atoms with E-state index in [9.17, 15) is 14.4 Å². The van der Waals surface area contributed by atoms with E-state index in [2.05, 4.69) is 10.9 Å². The number of esters is 1. The second kappa shape index (κ2) is 6.66. The number of carbonyl (C=O) groups excluding carboxylic acids is 3. The van der Waals surface area contributed by atoms with Gasteiger partial charge in [0.05, 0.1) is 6.26 Å². The zero-order valence-electron chi connectivity index (χ0n) is 12.1. The normalized spacial score (nSPS) is 12.5. The third-order valence-electron chi connectivity index (χ3n) is 3.34. The lowest BCUT2D eigenvalue weighted by Crippen LogP contribution is -2.43. The van der Waals surface area contributed by atoms with Crippen molar-refractivity contribution in [2.75, 3.05) is 6.61 Å². The molecule has 0 atom stereocenters. The Balaban J connectivity index is 1.43. The first-order chi connectivity index (χ1) is 11.1. The second-order valence-corrected chi connectivity index (χ2v) is 6.11. The predicted molar refractivity (Wildman–Crippen MR) is 80.9 cm³/mol. The highest BCUT2D eigenvalue weighted by molar-refractivity contribution is 7.14. The van der Waals surface area contributed by atoms with Crippen molar-refractivity contribution in [3.05, 3.63) is 45.5 Å². The minimum atomic E-state index is -0.637. The van der Waals surface area contributed by atoms with Crippen LogP contribution in [0, 0.1) is 0 Å². The van der Waals surface area contributed by atoms with Gasteiger partial charge in [-0.05, 0) is 43.0 Å². The van der Waals surface area contributed by atoms with E-state index in [1.54, 1.807) is 6.07 Å². The summed E-state index contributed by atoms with van der Waals surface area (Å²) in [7, 11) is 0. The Labute approximate surface area is 135 Å². The van der Waals surface area contributed by atoms with Crippen molar-refractivity contribution in [2.24, 2.45) is 0 Å². The van der Waals surface area contributed by atoms with Gasteiger partial charge in [0.2, 0.25) is 0 Å². The van der Waals surface area contributed by atoms with Gasteiger partial charge in [0.1, 0.15) is 4.88 Å². The van der Waals surface area contributed by atoms with Crippen LogP contribution in [0.1, 0.15) is 37.1 Å². The smallest absolute Gasteiger partial charge is 0.348 e. The number of furan rings is 1. The molecule has 0 saturated heterocycles. The maximum atomic E-state index is 11.9. The fourth-order valence-electron chi connectivity index (χ4n) is 2.26. The van der Waals surface area contributed by atoms with Crippen LogP contribution in [0.25, 0.3) is 0 Å². The molecule has 7 nitrogen and oxygen atoms in total. The summed E-state index contributed by atoms with van der Waals surface area (Å²) in [6.45, 7) is -0.472. The summed E-state index contributed by atoms with van der Waals surface area (Å²) in [5, 5.41) is 0. The van der Waals surface area contributed by atoms with E-state index in [0.29, 0.717) is 4.88 Å². The average molecular weight is 334 g/mol. The highest BCUT2D eigenvalue weighted by Crippen LogP contribution is 2.30. The number of aryl methyl sites for hydroxylation is 2. The van der Waals surface area contributed by atoms with E-state index in [0.717, 1.165) is 19.3 Å². The van der Waals surface area contributed by atoms with Crippen LogP contribution >= 0.6 is 11.3 Å². The number of carbonyl (C=O) groups is 3. The summed E-state index contributed by atoms with van der Waals surface area (Å²) in [5.74, 6) is -1.70. The molecule has 0 aliphatic heterocycles. The molecule has 0 radical (unpaired) electrons. The van der Waals surface area contributed by atoms with Gasteiger partial charge in [-0.3, -0.25) is 20.4 Å². The highest BCUT2D eigenvalue weighted by atomic mass is 32.1. The largest absolute Gasteiger partial charge is 0.459 e. The van der Waals surface area contributed by atoms with Gasteiger partial charge in [0.15, 0.2) is 12.4 Å². The van der Waals surface area contributed by atoms with Crippen molar-refractivity contribution < 1.29 is 23.5 Å². The average Bonchev–Trinajstić information content (AvgIpc) is 3.25. The fourth-order valence-corrected chi connectivity index (χ4v) is 3.41. The van der Waals surface area contributed by atoms with E-state index in [1.807, 2.05) is 6.07 Å². The molecule has 0 spiro atoms. The molecule has 2 amide bonds. The molecule has 23 heavy (non-hydrogen) atoms. The quantitative estimate of drug-likeness (QED) is 0.651. The van der Waals surface area contributed by atoms with Crippen LogP contribution in [-0.4, -0.2) is 24.4 Å². The number of amides is 2. The Morgan fingerprint density at radius 1 is 1.26 bits per heavy atom. The SMILES string of the molecule is O=C(COC(=O)c1cc2c(s1)CCC2)NNC(=O)c1ccco1. The van der Waals surface area contributed by atoms with Crippen LogP contribution in [0.15, 0.2) is 28.9 Å². The van der Waals surface area contributed by atoms with E-state index in [1.165, 1.54) is 34.1 Å². The molecule has 0 unspecified atom stereocenters. The Morgan fingerprint density at radius 2 is 2.13 bits per heavy atom. The second-order valence-electron chi connectivity index (χ2n) is 4.97. The molecule has 0 bridgehead atoms. The van der Waals surface area contributed by atoms with Gasteiger partial charge >= 0.3 is 11.9 Å². The molecule has 0 fully saturated rings.